The van der Waals surface area contributed by atoms with Gasteiger partial charge in [-0.15, -0.1) is 0 Å². The molecule has 2 aliphatic heterocycles. The number of hydrogen-bond donors (Lipinski definition) is 0. The smallest absolute Gasteiger partial charge is 0.241 e. The zero-order valence-corrected chi connectivity index (χ0v) is 14.8. The Morgan fingerprint density at radius 2 is 1.81 bits per heavy atom. The Morgan fingerprint density at radius 3 is 2.62 bits per heavy atom. The lowest BCUT2D eigenvalue weighted by atomic mass is 9.92. The maximum absolute atomic E-state index is 13.1. The molecule has 0 aliphatic carbocycles. The summed E-state index contributed by atoms with van der Waals surface area (Å²) in [5.41, 5.74) is 0.897. The van der Waals surface area contributed by atoms with E-state index < -0.39 is 0 Å². The normalized spacial score (nSPS) is 22.3. The fraction of sp³-hybridized carbons (Fsp3) is 0.500. The Balaban J connectivity index is 1.50. The summed E-state index contributed by atoms with van der Waals surface area (Å²) in [5, 5.41) is 0. The number of benzene rings is 1. The molecule has 0 spiro atoms. The number of piperidine rings is 1. The summed E-state index contributed by atoms with van der Waals surface area (Å²) in [6.07, 6.45) is 7.80. The summed E-state index contributed by atoms with van der Waals surface area (Å²) in [7, 11) is 0. The van der Waals surface area contributed by atoms with Crippen LogP contribution in [-0.2, 0) is 4.74 Å². The van der Waals surface area contributed by atoms with E-state index in [4.69, 9.17) is 9.47 Å². The molecule has 6 heteroatoms. The van der Waals surface area contributed by atoms with E-state index >= 15 is 0 Å². The van der Waals surface area contributed by atoms with Gasteiger partial charge >= 0.3 is 0 Å². The Labute approximate surface area is 153 Å². The van der Waals surface area contributed by atoms with Crippen molar-refractivity contribution in [3.05, 3.63) is 48.2 Å². The summed E-state index contributed by atoms with van der Waals surface area (Å²) in [6.45, 7) is 3.82. The fourth-order valence-electron chi connectivity index (χ4n) is 3.92. The molecule has 26 heavy (non-hydrogen) atoms. The van der Waals surface area contributed by atoms with Crippen molar-refractivity contribution in [1.82, 2.24) is 14.9 Å². The fourth-order valence-corrected chi connectivity index (χ4v) is 3.92. The van der Waals surface area contributed by atoms with Crippen molar-refractivity contribution in [3.63, 3.8) is 0 Å². The molecule has 2 aromatic rings. The highest BCUT2D eigenvalue weighted by atomic mass is 19.1. The van der Waals surface area contributed by atoms with Crippen molar-refractivity contribution in [2.45, 2.75) is 37.6 Å². The first-order chi connectivity index (χ1) is 12.8. The highest BCUT2D eigenvalue weighted by Gasteiger charge is 2.30. The van der Waals surface area contributed by atoms with E-state index in [1.165, 1.54) is 12.1 Å². The zero-order valence-electron chi connectivity index (χ0n) is 14.8. The second-order valence-electron chi connectivity index (χ2n) is 6.98. The van der Waals surface area contributed by atoms with Crippen molar-refractivity contribution < 1.29 is 13.9 Å². The van der Waals surface area contributed by atoms with E-state index in [1.807, 2.05) is 0 Å². The molecule has 2 fully saturated rings. The molecule has 0 amide bonds. The molecule has 3 heterocycles. The lowest BCUT2D eigenvalue weighted by molar-refractivity contribution is 0.0236. The minimum absolute atomic E-state index is 0.281. The van der Waals surface area contributed by atoms with Gasteiger partial charge in [-0.2, -0.15) is 0 Å². The van der Waals surface area contributed by atoms with Crippen molar-refractivity contribution in [2.24, 2.45) is 0 Å². The molecular formula is C20H24FN3O2. The van der Waals surface area contributed by atoms with E-state index in [0.29, 0.717) is 23.6 Å². The summed E-state index contributed by atoms with van der Waals surface area (Å²) in [6, 6.07) is 6.61. The molecule has 2 saturated heterocycles. The second-order valence-corrected chi connectivity index (χ2v) is 6.98. The molecule has 5 nitrogen and oxygen atoms in total. The van der Waals surface area contributed by atoms with Gasteiger partial charge in [-0.25, -0.2) is 9.37 Å². The minimum Gasteiger partial charge on any atom is -0.437 e. The molecular weight excluding hydrogens is 333 g/mol. The number of halogens is 1. The summed E-state index contributed by atoms with van der Waals surface area (Å²) in [4.78, 5) is 11.6. The van der Waals surface area contributed by atoms with E-state index in [0.717, 1.165) is 57.7 Å². The van der Waals surface area contributed by atoms with Crippen molar-refractivity contribution in [3.8, 4) is 11.6 Å². The third-order valence-electron chi connectivity index (χ3n) is 5.27. The standard InChI is InChI=1S/C20H24FN3O2/c21-16-3-5-18(6-4-16)26-20-19(22-9-10-23-20)15-2-1-11-24(14-15)17-7-12-25-13-8-17/h3-6,9-10,15,17H,1-2,7-8,11-14H2. The van der Waals surface area contributed by atoms with Gasteiger partial charge in [0.25, 0.3) is 0 Å². The third-order valence-corrected chi connectivity index (χ3v) is 5.27. The van der Waals surface area contributed by atoms with Crippen LogP contribution < -0.4 is 4.74 Å². The molecule has 1 aromatic carbocycles. The Hall–Kier alpha value is -2.05. The predicted molar refractivity (Wildman–Crippen MR) is 95.9 cm³/mol. The summed E-state index contributed by atoms with van der Waals surface area (Å²) < 4.78 is 24.5. The maximum Gasteiger partial charge on any atom is 0.241 e. The molecule has 138 valence electrons. The van der Waals surface area contributed by atoms with E-state index in [-0.39, 0.29) is 5.82 Å². The van der Waals surface area contributed by atoms with Gasteiger partial charge in [0, 0.05) is 44.1 Å². The average molecular weight is 357 g/mol. The van der Waals surface area contributed by atoms with Gasteiger partial charge in [-0.05, 0) is 56.5 Å². The third kappa shape index (κ3) is 4.02. The SMILES string of the molecule is Fc1ccc(Oc2nccnc2C2CCCN(C3CCOCC3)C2)cc1. The number of likely N-dealkylation sites (tertiary alicyclic amines) is 1. The monoisotopic (exact) mass is 357 g/mol. The molecule has 0 radical (unpaired) electrons. The van der Waals surface area contributed by atoms with Gasteiger partial charge in [0.2, 0.25) is 5.88 Å². The second kappa shape index (κ2) is 8.10. The largest absolute Gasteiger partial charge is 0.437 e. The van der Waals surface area contributed by atoms with Crippen LogP contribution in [-0.4, -0.2) is 47.2 Å². The number of rotatable bonds is 4. The van der Waals surface area contributed by atoms with Crippen LogP contribution in [0.4, 0.5) is 4.39 Å². The highest BCUT2D eigenvalue weighted by molar-refractivity contribution is 5.31. The number of ether oxygens (including phenoxy) is 2. The van der Waals surface area contributed by atoms with Gasteiger partial charge < -0.3 is 9.47 Å². The van der Waals surface area contributed by atoms with Crippen molar-refractivity contribution in [2.75, 3.05) is 26.3 Å². The minimum atomic E-state index is -0.281. The molecule has 0 bridgehead atoms. The van der Waals surface area contributed by atoms with Crippen LogP contribution in [0.3, 0.4) is 0 Å². The summed E-state index contributed by atoms with van der Waals surface area (Å²) >= 11 is 0. The predicted octanol–water partition coefficient (Wildman–Crippen LogP) is 3.77. The molecule has 1 aromatic heterocycles. The Morgan fingerprint density at radius 1 is 1.04 bits per heavy atom. The molecule has 0 N–H and O–H groups in total. The quantitative estimate of drug-likeness (QED) is 0.834. The zero-order chi connectivity index (χ0) is 17.8. The first kappa shape index (κ1) is 17.4. The van der Waals surface area contributed by atoms with Crippen LogP contribution in [0.5, 0.6) is 11.6 Å². The van der Waals surface area contributed by atoms with E-state index in [9.17, 15) is 4.39 Å². The van der Waals surface area contributed by atoms with Gasteiger partial charge in [0.05, 0.1) is 0 Å². The van der Waals surface area contributed by atoms with Crippen LogP contribution in [0.1, 0.15) is 37.3 Å². The first-order valence-electron chi connectivity index (χ1n) is 9.36. The van der Waals surface area contributed by atoms with Gasteiger partial charge in [-0.1, -0.05) is 0 Å². The first-order valence-corrected chi connectivity index (χ1v) is 9.36. The average Bonchev–Trinajstić information content (AvgIpc) is 2.71. The van der Waals surface area contributed by atoms with Gasteiger partial charge in [-0.3, -0.25) is 9.88 Å². The van der Waals surface area contributed by atoms with Crippen LogP contribution in [0, 0.1) is 5.82 Å². The van der Waals surface area contributed by atoms with Crippen molar-refractivity contribution >= 4 is 0 Å². The molecule has 1 atom stereocenters. The van der Waals surface area contributed by atoms with Crippen LogP contribution in [0.2, 0.25) is 0 Å². The molecule has 0 saturated carbocycles. The van der Waals surface area contributed by atoms with Crippen LogP contribution >= 0.6 is 0 Å². The van der Waals surface area contributed by atoms with Gasteiger partial charge in [0.1, 0.15) is 17.3 Å². The number of aromatic nitrogens is 2. The topological polar surface area (TPSA) is 47.5 Å². The maximum atomic E-state index is 13.1. The van der Waals surface area contributed by atoms with Gasteiger partial charge in [0.15, 0.2) is 0 Å². The van der Waals surface area contributed by atoms with E-state index in [1.54, 1.807) is 24.5 Å². The number of nitrogens with zero attached hydrogens (tertiary/aromatic N) is 3. The van der Waals surface area contributed by atoms with E-state index in [2.05, 4.69) is 14.9 Å². The summed E-state index contributed by atoms with van der Waals surface area (Å²) in [5.74, 6) is 1.12. The van der Waals surface area contributed by atoms with Crippen LogP contribution in [0.15, 0.2) is 36.7 Å². The van der Waals surface area contributed by atoms with Crippen molar-refractivity contribution in [1.29, 1.82) is 0 Å². The highest BCUT2D eigenvalue weighted by Crippen LogP contribution is 2.34. The Kier molecular flexibility index (Phi) is 5.41. The molecule has 4 rings (SSSR count). The van der Waals surface area contributed by atoms with Crippen LogP contribution in [0.25, 0.3) is 0 Å². The molecule has 2 aliphatic rings. The lowest BCUT2D eigenvalue weighted by Gasteiger charge is -2.39. The lowest BCUT2D eigenvalue weighted by Crippen LogP contribution is -2.44. The molecule has 1 unspecified atom stereocenters. The Bertz CT molecular complexity index is 719. The number of hydrogen-bond acceptors (Lipinski definition) is 5.